The first-order chi connectivity index (χ1) is 57.5. The molecule has 40 heteroatoms. The van der Waals surface area contributed by atoms with Crippen molar-refractivity contribution in [1.82, 2.24) is 79.1 Å². The number of guanidine groups is 1. The lowest BCUT2D eigenvalue weighted by Gasteiger charge is -2.30. The first-order valence-corrected chi connectivity index (χ1v) is 43.5. The number of hydrogen-bond donors (Lipinski definition) is 22. The summed E-state index contributed by atoms with van der Waals surface area (Å²) in [7, 11) is 0. The number of nitrogens with one attached hydrogen (secondary N) is 14. The number of carboxylic acid groups (broad SMARTS) is 1. The summed E-state index contributed by atoms with van der Waals surface area (Å²) in [5.74, 6) is -16.2. The number of nitrogens with two attached hydrogens (primary N) is 4. The minimum absolute atomic E-state index is 0.0180. The van der Waals surface area contributed by atoms with Crippen LogP contribution in [0.15, 0.2) is 47.8 Å². The summed E-state index contributed by atoms with van der Waals surface area (Å²) in [6, 6.07) is -10.4. The highest BCUT2D eigenvalue weighted by molar-refractivity contribution is 7.98. The number of imidazole rings is 1. The van der Waals surface area contributed by atoms with Gasteiger partial charge in [0.25, 0.3) is 0 Å². The number of thioether (sulfide) groups is 1. The molecule has 121 heavy (non-hydrogen) atoms. The molecule has 0 saturated carbocycles. The van der Waals surface area contributed by atoms with E-state index < -0.39 is 199 Å². The van der Waals surface area contributed by atoms with E-state index >= 15 is 0 Å². The van der Waals surface area contributed by atoms with Gasteiger partial charge in [0.15, 0.2) is 5.96 Å². The second-order valence-corrected chi connectivity index (χ2v) is 32.2. The number of aromatic nitrogens is 2. The van der Waals surface area contributed by atoms with E-state index in [4.69, 9.17) is 22.9 Å². The van der Waals surface area contributed by atoms with Gasteiger partial charge in [0.2, 0.25) is 82.7 Å². The zero-order valence-corrected chi connectivity index (χ0v) is 72.5. The van der Waals surface area contributed by atoms with Crippen molar-refractivity contribution in [3.8, 4) is 0 Å². The number of amides is 14. The fraction of sp³-hybridized carbons (Fsp3) is 0.691. The minimum atomic E-state index is -1.86. The Morgan fingerprint density at radius 2 is 0.959 bits per heavy atom. The quantitative estimate of drug-likeness (QED) is 0.0206. The van der Waals surface area contributed by atoms with Crippen LogP contribution in [0.3, 0.4) is 0 Å². The number of carbonyl (C=O) groups excluding carboxylic acids is 14. The van der Waals surface area contributed by atoms with Crippen LogP contribution in [-0.2, 0) is 84.8 Å². The van der Waals surface area contributed by atoms with Crippen LogP contribution in [0.4, 0.5) is 0 Å². The van der Waals surface area contributed by atoms with Crippen LogP contribution < -0.4 is 92.1 Å². The van der Waals surface area contributed by atoms with Crippen molar-refractivity contribution in [3.05, 3.63) is 54.1 Å². The number of unbranched alkanes of at least 4 members (excludes halogenated alkanes) is 13. The number of H-pyrrole nitrogens is 1. The molecular weight excluding hydrogens is 1590 g/mol. The van der Waals surface area contributed by atoms with Gasteiger partial charge < -0.3 is 117 Å². The van der Waals surface area contributed by atoms with Crippen LogP contribution in [0, 0.1) is 17.8 Å². The molecular formula is C81H138N20O19S. The van der Waals surface area contributed by atoms with E-state index in [2.05, 4.69) is 91.0 Å². The highest BCUT2D eigenvalue weighted by Crippen LogP contribution is 2.17. The van der Waals surface area contributed by atoms with Gasteiger partial charge in [-0.3, -0.25) is 72.1 Å². The van der Waals surface area contributed by atoms with Gasteiger partial charge in [-0.15, -0.1) is 0 Å². The predicted octanol–water partition coefficient (Wildman–Crippen LogP) is -1.38. The third-order valence-electron chi connectivity index (χ3n) is 20.0. The number of aliphatic imine (C=N–C) groups is 1. The Morgan fingerprint density at radius 3 is 1.48 bits per heavy atom. The SMILES string of the molecule is CCCCCCCCCCCCCCCC(=O)N[C@@H](CCCN=C(N)N)C(=O)NCC(=O)N[C@H](C(=O)N[C@@H](CCSC)C(=O)N[C@H](C(=O)N[C@@H](CC(C)C)C(=O)N[C@@H](Cc1ccccc1)C(=O)N[C@@H](CO)C(=O)N[C@H](C(=O)N[C@@H](CCCCN)C(=O)N[C@@H](CO)C(=O)N[C@@H](CC(N)=O)C(=O)N[C@@H](Cc1cnc[nH]1)C(=O)O)[C@@H](C)CC)[C@@H](C)O)C(C)C. The van der Waals surface area contributed by atoms with Crippen LogP contribution in [0.1, 0.15) is 214 Å². The Morgan fingerprint density at radius 1 is 0.488 bits per heavy atom. The van der Waals surface area contributed by atoms with E-state index in [1.807, 2.05) is 0 Å². The lowest BCUT2D eigenvalue weighted by atomic mass is 9.97. The van der Waals surface area contributed by atoms with E-state index in [9.17, 15) is 92.3 Å². The first-order valence-electron chi connectivity index (χ1n) is 42.1. The van der Waals surface area contributed by atoms with Gasteiger partial charge in [-0.1, -0.05) is 162 Å². The van der Waals surface area contributed by atoms with Crippen LogP contribution >= 0.6 is 11.8 Å². The molecule has 0 unspecified atom stereocenters. The molecule has 14 amide bonds. The Balaban J connectivity index is 2.33. The van der Waals surface area contributed by atoms with Crippen LogP contribution in [-0.4, -0.2) is 248 Å². The summed E-state index contributed by atoms with van der Waals surface area (Å²) < 4.78 is 0. The molecule has 0 aliphatic heterocycles. The number of benzene rings is 1. The first kappa shape index (κ1) is 107. The maximum Gasteiger partial charge on any atom is 0.326 e. The molecule has 0 saturated heterocycles. The largest absolute Gasteiger partial charge is 0.480 e. The topological polar surface area (TPSA) is 638 Å². The van der Waals surface area contributed by atoms with E-state index in [1.165, 1.54) is 82.6 Å². The summed E-state index contributed by atoms with van der Waals surface area (Å²) in [4.78, 5) is 217. The molecule has 2 aromatic rings. The van der Waals surface area contributed by atoms with Crippen molar-refractivity contribution in [2.45, 2.75) is 295 Å². The van der Waals surface area contributed by atoms with Gasteiger partial charge in [-0.2, -0.15) is 11.8 Å². The minimum Gasteiger partial charge on any atom is -0.480 e. The highest BCUT2D eigenvalue weighted by atomic mass is 32.2. The number of aliphatic hydroxyl groups excluding tert-OH is 3. The molecule has 0 fully saturated rings. The molecule has 1 heterocycles. The van der Waals surface area contributed by atoms with Crippen molar-refractivity contribution >= 4 is 106 Å². The number of carbonyl (C=O) groups is 15. The molecule has 0 radical (unpaired) electrons. The maximum atomic E-state index is 14.7. The number of carboxylic acids is 1. The second-order valence-electron chi connectivity index (χ2n) is 31.2. The van der Waals surface area contributed by atoms with Gasteiger partial charge >= 0.3 is 5.97 Å². The van der Waals surface area contributed by atoms with Crippen molar-refractivity contribution in [1.29, 1.82) is 0 Å². The molecule has 0 spiro atoms. The van der Waals surface area contributed by atoms with Gasteiger partial charge in [0.1, 0.15) is 72.5 Å². The van der Waals surface area contributed by atoms with E-state index in [0.29, 0.717) is 36.3 Å². The lowest BCUT2D eigenvalue weighted by molar-refractivity contribution is -0.142. The molecule has 1 aromatic heterocycles. The van der Waals surface area contributed by atoms with E-state index in [0.717, 1.165) is 25.7 Å². The Labute approximate surface area is 713 Å². The smallest absolute Gasteiger partial charge is 0.326 e. The highest BCUT2D eigenvalue weighted by Gasteiger charge is 2.39. The Kier molecular flexibility index (Phi) is 53.4. The summed E-state index contributed by atoms with van der Waals surface area (Å²) >= 11 is 1.32. The average molecular weight is 1730 g/mol. The molecule has 39 nitrogen and oxygen atoms in total. The second kappa shape index (κ2) is 60.4. The number of primary amides is 1. The number of aromatic amines is 1. The van der Waals surface area contributed by atoms with Gasteiger partial charge in [0, 0.05) is 37.7 Å². The maximum absolute atomic E-state index is 14.7. The Hall–Kier alpha value is -10.1. The fourth-order valence-electron chi connectivity index (χ4n) is 12.8. The molecule has 0 aliphatic carbocycles. The third kappa shape index (κ3) is 43.8. The molecule has 14 atom stereocenters. The number of aliphatic carboxylic acids is 1. The number of rotatable bonds is 65. The van der Waals surface area contributed by atoms with Crippen LogP contribution in [0.25, 0.3) is 0 Å². The summed E-state index contributed by atoms with van der Waals surface area (Å²) in [5, 5.41) is 74.7. The average Bonchev–Trinajstić information content (AvgIpc) is 1.46. The van der Waals surface area contributed by atoms with Gasteiger partial charge in [-0.25, -0.2) is 9.78 Å². The predicted molar refractivity (Wildman–Crippen MR) is 456 cm³/mol. The van der Waals surface area contributed by atoms with E-state index in [1.54, 1.807) is 78.1 Å². The zero-order chi connectivity index (χ0) is 90.5. The summed E-state index contributed by atoms with van der Waals surface area (Å²) in [6.45, 7) is 10.9. The van der Waals surface area contributed by atoms with E-state index in [-0.39, 0.29) is 88.7 Å². The van der Waals surface area contributed by atoms with Crippen molar-refractivity contribution < 1.29 is 92.3 Å². The normalized spacial score (nSPS) is 14.7. The summed E-state index contributed by atoms with van der Waals surface area (Å²) in [5.41, 5.74) is 22.9. The molecule has 0 aliphatic rings. The number of nitrogens with zero attached hydrogens (tertiary/aromatic N) is 2. The van der Waals surface area contributed by atoms with Crippen molar-refractivity contribution in [2.24, 2.45) is 45.7 Å². The van der Waals surface area contributed by atoms with Crippen molar-refractivity contribution in [2.75, 3.05) is 44.9 Å². The van der Waals surface area contributed by atoms with Gasteiger partial charge in [-0.05, 0) is 100 Å². The molecule has 0 bridgehead atoms. The standard InChI is InChI=1S/C81H138N20O19S/c1-10-12-13-14-15-16-17-18-19-20-21-22-26-34-64(106)90-54(33-29-37-87-81(84)85)69(108)88-44-65(107)99-66(49(5)6)77(116)92-56(35-38-121-9)71(110)101-68(51(8)104)79(118)95-57(39-48(3)4)72(111)93-58(40-52-30-24-23-25-31-52)73(112)98-62(46-103)76(115)100-67(50(7)11-2)78(117)91-55(32-27-28-36-82)70(109)97-61(45-102)75(114)94-59(42-63(83)105)74(113)96-60(80(119)120)41-53-43-86-47-89-53/h23-25,30-31,43,47-51,54-62,66-68,102-104H,10-22,26-29,32-42,44-46,82H2,1-9H3,(H2,83,105)(H,86,89)(H,88,108)(H,90,106)(H,91,117)(H,92,116)(H,93,111)(H,94,114)(H,95,118)(H,96,113)(H,97,109)(H,98,112)(H,99,107)(H,100,115)(H,101,110)(H,119,120)(H4,84,85,87)/t50-,51+,54-,55-,56-,57-,58-,59-,60-,61-,62-,66-,67-,68-/m0/s1. The molecule has 682 valence electrons. The Bertz CT molecular complexity index is 3560. The zero-order valence-electron chi connectivity index (χ0n) is 71.7. The van der Waals surface area contributed by atoms with Gasteiger partial charge in [0.05, 0.1) is 38.6 Å². The molecule has 26 N–H and O–H groups in total. The monoisotopic (exact) mass is 1730 g/mol. The lowest BCUT2D eigenvalue weighted by Crippen LogP contribution is -2.63. The third-order valence-corrected chi connectivity index (χ3v) is 20.6. The molecule has 1 aromatic carbocycles. The fourth-order valence-corrected chi connectivity index (χ4v) is 13.3. The van der Waals surface area contributed by atoms with Crippen LogP contribution in [0.5, 0.6) is 0 Å². The number of hydrogen-bond acceptors (Lipinski definition) is 22. The molecule has 2 rings (SSSR count). The van der Waals surface area contributed by atoms with Crippen LogP contribution in [0.2, 0.25) is 0 Å². The summed E-state index contributed by atoms with van der Waals surface area (Å²) in [6.07, 6.45) is 17.2. The number of aliphatic hydroxyl groups is 3. The van der Waals surface area contributed by atoms with Crippen molar-refractivity contribution in [3.63, 3.8) is 0 Å².